The average molecular weight is 523 g/mol. The Morgan fingerprint density at radius 1 is 1.11 bits per heavy atom. The summed E-state index contributed by atoms with van der Waals surface area (Å²) in [5.41, 5.74) is 1.77. The van der Waals surface area contributed by atoms with E-state index >= 15 is 0 Å². The Morgan fingerprint density at radius 2 is 1.84 bits per heavy atom. The Hall–Kier alpha value is -4.54. The van der Waals surface area contributed by atoms with Gasteiger partial charge in [0.1, 0.15) is 11.5 Å². The molecule has 11 nitrogen and oxygen atoms in total. The zero-order valence-corrected chi connectivity index (χ0v) is 21.9. The van der Waals surface area contributed by atoms with Gasteiger partial charge < -0.3 is 33.8 Å². The first-order chi connectivity index (χ1) is 18.2. The summed E-state index contributed by atoms with van der Waals surface area (Å²) in [5.74, 6) is -1.63. The number of ketones is 1. The maximum absolute atomic E-state index is 13.4. The van der Waals surface area contributed by atoms with E-state index in [1.807, 2.05) is 10.8 Å². The number of hydrogen-bond donors (Lipinski definition) is 2. The summed E-state index contributed by atoms with van der Waals surface area (Å²) in [7, 11) is 4.25. The fourth-order valence-electron chi connectivity index (χ4n) is 4.87. The summed E-state index contributed by atoms with van der Waals surface area (Å²) in [6.45, 7) is 4.13. The van der Waals surface area contributed by atoms with Crippen LogP contribution in [0, 0.1) is 13.8 Å². The number of likely N-dealkylation sites (tertiary alicyclic amines) is 1. The number of rotatable bonds is 9. The monoisotopic (exact) mass is 522 g/mol. The van der Waals surface area contributed by atoms with E-state index in [9.17, 15) is 19.5 Å². The standard InChI is InChI=1S/C27H30N4O7/c1-15-20(16(2)29-22(15)27(35)38-5)24(32)21-23(17-7-8-18(36-3)19(13-17)37-4)31(26(34)25(21)33)11-6-10-30-12-9-28-14-30/h7-9,12-14,23,29,32H,6,10-11H2,1-5H3/t23-/m1/s1. The Kier molecular flexibility index (Phi) is 7.56. The summed E-state index contributed by atoms with van der Waals surface area (Å²) < 4.78 is 17.5. The number of amides is 1. The van der Waals surface area contributed by atoms with Crippen LogP contribution in [0.15, 0.2) is 42.5 Å². The SMILES string of the molecule is COC(=O)c1[nH]c(C)c(C(O)=C2C(=O)C(=O)N(CCCn3ccnc3)[C@@H]2c2ccc(OC)c(OC)c2)c1C. The minimum Gasteiger partial charge on any atom is -0.507 e. The molecule has 2 aromatic heterocycles. The highest BCUT2D eigenvalue weighted by molar-refractivity contribution is 6.46. The second kappa shape index (κ2) is 10.8. The van der Waals surface area contributed by atoms with Crippen molar-refractivity contribution in [3.8, 4) is 11.5 Å². The molecule has 11 heteroatoms. The molecule has 0 spiro atoms. The molecule has 4 rings (SSSR count). The van der Waals surface area contributed by atoms with Gasteiger partial charge in [0.15, 0.2) is 11.5 Å². The van der Waals surface area contributed by atoms with Gasteiger partial charge >= 0.3 is 5.97 Å². The van der Waals surface area contributed by atoms with Crippen molar-refractivity contribution in [2.45, 2.75) is 32.9 Å². The Labute approximate surface area is 219 Å². The molecule has 1 aliphatic rings. The van der Waals surface area contributed by atoms with E-state index in [0.717, 1.165) is 0 Å². The number of carbonyl (C=O) groups excluding carboxylic acids is 3. The van der Waals surface area contributed by atoms with Crippen molar-refractivity contribution in [2.24, 2.45) is 0 Å². The van der Waals surface area contributed by atoms with Gasteiger partial charge in [-0.15, -0.1) is 0 Å². The molecule has 1 fully saturated rings. The summed E-state index contributed by atoms with van der Waals surface area (Å²) in [5, 5.41) is 11.5. The van der Waals surface area contributed by atoms with Crippen LogP contribution in [-0.2, 0) is 20.9 Å². The molecule has 38 heavy (non-hydrogen) atoms. The lowest BCUT2D eigenvalue weighted by Crippen LogP contribution is -2.31. The zero-order valence-electron chi connectivity index (χ0n) is 21.9. The quantitative estimate of drug-likeness (QED) is 0.189. The second-order valence-corrected chi connectivity index (χ2v) is 8.88. The molecule has 1 amide bonds. The van der Waals surface area contributed by atoms with Crippen molar-refractivity contribution in [1.29, 1.82) is 0 Å². The van der Waals surface area contributed by atoms with Crippen molar-refractivity contribution in [3.05, 3.63) is 70.6 Å². The molecule has 3 aromatic rings. The first-order valence-electron chi connectivity index (χ1n) is 12.0. The molecule has 0 unspecified atom stereocenters. The van der Waals surface area contributed by atoms with Gasteiger partial charge in [-0.3, -0.25) is 9.59 Å². The van der Waals surface area contributed by atoms with Crippen molar-refractivity contribution in [2.75, 3.05) is 27.9 Å². The number of hydrogen-bond acceptors (Lipinski definition) is 8. The number of esters is 1. The molecule has 0 bridgehead atoms. The summed E-state index contributed by atoms with van der Waals surface area (Å²) in [6, 6.07) is 4.20. The van der Waals surface area contributed by atoms with Crippen LogP contribution in [0.2, 0.25) is 0 Å². The number of ether oxygens (including phenoxy) is 3. The molecular formula is C27H30N4O7. The molecule has 1 aliphatic heterocycles. The van der Waals surface area contributed by atoms with Crippen LogP contribution < -0.4 is 9.47 Å². The molecule has 0 aliphatic carbocycles. The van der Waals surface area contributed by atoms with E-state index in [2.05, 4.69) is 9.97 Å². The summed E-state index contributed by atoms with van der Waals surface area (Å²) in [4.78, 5) is 47.4. The van der Waals surface area contributed by atoms with Crippen LogP contribution in [0.4, 0.5) is 0 Å². The highest BCUT2D eigenvalue weighted by Crippen LogP contribution is 2.43. The molecule has 1 aromatic carbocycles. The molecule has 2 N–H and O–H groups in total. The van der Waals surface area contributed by atoms with Gasteiger partial charge in [0.25, 0.3) is 11.7 Å². The number of Topliss-reactive ketones (excluding diaryl/α,β-unsaturated/α-hetero) is 1. The molecule has 1 saturated heterocycles. The lowest BCUT2D eigenvalue weighted by atomic mass is 9.93. The van der Waals surface area contributed by atoms with Gasteiger partial charge in [0.05, 0.1) is 39.3 Å². The van der Waals surface area contributed by atoms with Crippen LogP contribution in [0.25, 0.3) is 5.76 Å². The van der Waals surface area contributed by atoms with Gasteiger partial charge in [0, 0.05) is 36.7 Å². The molecule has 0 saturated carbocycles. The van der Waals surface area contributed by atoms with Gasteiger partial charge in [-0.1, -0.05) is 6.07 Å². The predicted octanol–water partition coefficient (Wildman–Crippen LogP) is 3.14. The number of aliphatic hydroxyl groups excluding tert-OH is 1. The maximum atomic E-state index is 13.4. The highest BCUT2D eigenvalue weighted by atomic mass is 16.5. The minimum atomic E-state index is -0.895. The molecular weight excluding hydrogens is 492 g/mol. The molecule has 200 valence electrons. The largest absolute Gasteiger partial charge is 0.507 e. The fourth-order valence-corrected chi connectivity index (χ4v) is 4.87. The molecule has 3 heterocycles. The lowest BCUT2D eigenvalue weighted by Gasteiger charge is -2.26. The van der Waals surface area contributed by atoms with Gasteiger partial charge in [-0.05, 0) is 43.5 Å². The van der Waals surface area contributed by atoms with Crippen LogP contribution in [0.5, 0.6) is 11.5 Å². The number of aromatic amines is 1. The van der Waals surface area contributed by atoms with E-state index in [0.29, 0.717) is 41.3 Å². The topological polar surface area (TPSA) is 136 Å². The minimum absolute atomic E-state index is 0.0773. The van der Waals surface area contributed by atoms with E-state index in [4.69, 9.17) is 14.2 Å². The Morgan fingerprint density at radius 3 is 2.47 bits per heavy atom. The number of nitrogens with zero attached hydrogens (tertiary/aromatic N) is 3. The number of aliphatic hydroxyl groups is 1. The lowest BCUT2D eigenvalue weighted by molar-refractivity contribution is -0.139. The van der Waals surface area contributed by atoms with Crippen LogP contribution in [0.3, 0.4) is 0 Å². The number of imidazole rings is 1. The third-order valence-corrected chi connectivity index (χ3v) is 6.70. The Bertz CT molecular complexity index is 1400. The number of methoxy groups -OCH3 is 3. The number of nitrogens with one attached hydrogen (secondary N) is 1. The molecule has 0 radical (unpaired) electrons. The third-order valence-electron chi connectivity index (χ3n) is 6.70. The smallest absolute Gasteiger partial charge is 0.354 e. The van der Waals surface area contributed by atoms with E-state index in [1.165, 1.54) is 26.2 Å². The first kappa shape index (κ1) is 26.5. The van der Waals surface area contributed by atoms with Crippen molar-refractivity contribution in [3.63, 3.8) is 0 Å². The Balaban J connectivity index is 1.84. The third kappa shape index (κ3) is 4.62. The number of carbonyl (C=O) groups is 3. The fraction of sp³-hybridized carbons (Fsp3) is 0.333. The van der Waals surface area contributed by atoms with E-state index in [-0.39, 0.29) is 29.1 Å². The number of benzene rings is 1. The maximum Gasteiger partial charge on any atom is 0.354 e. The second-order valence-electron chi connectivity index (χ2n) is 8.88. The van der Waals surface area contributed by atoms with Gasteiger partial charge in [0.2, 0.25) is 0 Å². The van der Waals surface area contributed by atoms with Crippen LogP contribution in [-0.4, -0.2) is 70.1 Å². The van der Waals surface area contributed by atoms with E-state index in [1.54, 1.807) is 44.6 Å². The van der Waals surface area contributed by atoms with Crippen molar-refractivity contribution < 1.29 is 33.7 Å². The highest BCUT2D eigenvalue weighted by Gasteiger charge is 2.46. The van der Waals surface area contributed by atoms with Gasteiger partial charge in [-0.2, -0.15) is 0 Å². The average Bonchev–Trinajstić information content (AvgIpc) is 3.61. The summed E-state index contributed by atoms with van der Waals surface area (Å²) >= 11 is 0. The van der Waals surface area contributed by atoms with Crippen molar-refractivity contribution in [1.82, 2.24) is 19.4 Å². The number of H-pyrrole nitrogens is 1. The van der Waals surface area contributed by atoms with E-state index < -0.39 is 23.7 Å². The van der Waals surface area contributed by atoms with Crippen molar-refractivity contribution >= 4 is 23.4 Å². The van der Waals surface area contributed by atoms with Crippen LogP contribution >= 0.6 is 0 Å². The van der Waals surface area contributed by atoms with Gasteiger partial charge in [-0.25, -0.2) is 9.78 Å². The predicted molar refractivity (Wildman–Crippen MR) is 137 cm³/mol. The number of aryl methyl sites for hydroxylation is 2. The normalized spacial score (nSPS) is 16.7. The first-order valence-corrected chi connectivity index (χ1v) is 12.0. The van der Waals surface area contributed by atoms with Crippen LogP contribution in [0.1, 0.15) is 45.3 Å². The summed E-state index contributed by atoms with van der Waals surface area (Å²) in [6.07, 6.45) is 5.70. The molecule has 1 atom stereocenters. The number of aromatic nitrogens is 3. The zero-order chi connectivity index (χ0) is 27.6.